The second kappa shape index (κ2) is 6.50. The first-order valence-electron chi connectivity index (χ1n) is 9.17. The molecule has 0 radical (unpaired) electrons. The Morgan fingerprint density at radius 2 is 1.33 bits per heavy atom. The van der Waals surface area contributed by atoms with E-state index < -0.39 is 17.7 Å². The fraction of sp³-hybridized carbons (Fsp3) is 0.944. The Labute approximate surface area is 140 Å². The molecule has 24 heavy (non-hydrogen) atoms. The lowest BCUT2D eigenvalue weighted by molar-refractivity contribution is -0.302. The molecule has 138 valence electrons. The van der Waals surface area contributed by atoms with Crippen LogP contribution in [-0.4, -0.2) is 29.5 Å². The molecule has 3 aliphatic carbocycles. The lowest BCUT2D eigenvalue weighted by Gasteiger charge is -2.57. The zero-order valence-electron chi connectivity index (χ0n) is 14.1. The molecule has 6 heteroatoms. The molecule has 0 aromatic heterocycles. The molecular weight excluding hydrogens is 321 g/mol. The van der Waals surface area contributed by atoms with Crippen molar-refractivity contribution in [3.05, 3.63) is 0 Å². The number of rotatable bonds is 3. The third kappa shape index (κ3) is 2.85. The van der Waals surface area contributed by atoms with Crippen LogP contribution in [0.2, 0.25) is 0 Å². The van der Waals surface area contributed by atoms with Crippen LogP contribution < -0.4 is 0 Å². The summed E-state index contributed by atoms with van der Waals surface area (Å²) in [6.07, 6.45) is 1.71. The first-order chi connectivity index (χ1) is 11.3. The highest BCUT2D eigenvalue weighted by Crippen LogP contribution is 2.59. The fourth-order valence-electron chi connectivity index (χ4n) is 6.01. The SMILES string of the molecule is CC(O)(C1C2CCCCC2C(OC=O)C2CCCCC21)C(F)(F)F. The molecule has 0 aliphatic heterocycles. The summed E-state index contributed by atoms with van der Waals surface area (Å²) in [5, 5.41) is 10.5. The van der Waals surface area contributed by atoms with Crippen LogP contribution in [0.5, 0.6) is 0 Å². The van der Waals surface area contributed by atoms with Crippen molar-refractivity contribution in [2.24, 2.45) is 29.6 Å². The van der Waals surface area contributed by atoms with E-state index in [1.807, 2.05) is 0 Å². The average Bonchev–Trinajstić information content (AvgIpc) is 2.53. The topological polar surface area (TPSA) is 46.5 Å². The highest BCUT2D eigenvalue weighted by Gasteiger charge is 2.64. The molecule has 0 saturated heterocycles. The normalized spacial score (nSPS) is 42.4. The van der Waals surface area contributed by atoms with Gasteiger partial charge in [0.2, 0.25) is 0 Å². The molecular formula is C18H27F3O3. The molecule has 5 unspecified atom stereocenters. The van der Waals surface area contributed by atoms with Crippen LogP contribution in [0.1, 0.15) is 58.3 Å². The van der Waals surface area contributed by atoms with Crippen molar-refractivity contribution < 1.29 is 27.8 Å². The van der Waals surface area contributed by atoms with Gasteiger partial charge in [-0.15, -0.1) is 0 Å². The van der Waals surface area contributed by atoms with Gasteiger partial charge in [0.25, 0.3) is 6.47 Å². The van der Waals surface area contributed by atoms with Gasteiger partial charge in [0, 0.05) is 5.92 Å². The molecule has 3 fully saturated rings. The summed E-state index contributed by atoms with van der Waals surface area (Å²) in [7, 11) is 0. The van der Waals surface area contributed by atoms with Gasteiger partial charge in [-0.3, -0.25) is 4.79 Å². The Balaban J connectivity index is 2.01. The Morgan fingerprint density at radius 1 is 0.917 bits per heavy atom. The number of carbonyl (C=O) groups excluding carboxylic acids is 1. The smallest absolute Gasteiger partial charge is 0.417 e. The molecule has 0 amide bonds. The quantitative estimate of drug-likeness (QED) is 0.782. The number of aliphatic hydroxyl groups is 1. The second-order valence-electron chi connectivity index (χ2n) is 8.09. The predicted octanol–water partition coefficient (Wildman–Crippen LogP) is 4.08. The van der Waals surface area contributed by atoms with Gasteiger partial charge < -0.3 is 9.84 Å². The summed E-state index contributed by atoms with van der Waals surface area (Å²) in [5.74, 6) is -1.34. The molecule has 0 aromatic carbocycles. The van der Waals surface area contributed by atoms with Crippen molar-refractivity contribution in [2.75, 3.05) is 0 Å². The minimum absolute atomic E-state index is 0.0536. The molecule has 0 spiro atoms. The Morgan fingerprint density at radius 3 is 1.71 bits per heavy atom. The number of ether oxygens (including phenoxy) is 1. The molecule has 5 atom stereocenters. The molecule has 3 nitrogen and oxygen atoms in total. The van der Waals surface area contributed by atoms with E-state index in [1.165, 1.54) is 0 Å². The van der Waals surface area contributed by atoms with Crippen molar-refractivity contribution in [1.82, 2.24) is 0 Å². The van der Waals surface area contributed by atoms with Gasteiger partial charge in [0.1, 0.15) is 6.10 Å². The van der Waals surface area contributed by atoms with E-state index in [4.69, 9.17) is 4.74 Å². The summed E-state index contributed by atoms with van der Waals surface area (Å²) in [6, 6.07) is 0. The third-order valence-corrected chi connectivity index (χ3v) is 6.95. The number of halogens is 3. The van der Waals surface area contributed by atoms with E-state index in [9.17, 15) is 23.1 Å². The maximum absolute atomic E-state index is 13.6. The molecule has 0 heterocycles. The van der Waals surface area contributed by atoms with Gasteiger partial charge in [0.05, 0.1) is 0 Å². The van der Waals surface area contributed by atoms with Crippen molar-refractivity contribution in [1.29, 1.82) is 0 Å². The van der Waals surface area contributed by atoms with Crippen LogP contribution in [0.3, 0.4) is 0 Å². The maximum atomic E-state index is 13.6. The summed E-state index contributed by atoms with van der Waals surface area (Å²) >= 11 is 0. The van der Waals surface area contributed by atoms with Crippen LogP contribution in [0.25, 0.3) is 0 Å². The summed E-state index contributed by atoms with van der Waals surface area (Å²) in [4.78, 5) is 11.0. The minimum atomic E-state index is -4.64. The van der Waals surface area contributed by atoms with Gasteiger partial charge in [-0.1, -0.05) is 25.7 Å². The van der Waals surface area contributed by atoms with Gasteiger partial charge in [-0.05, 0) is 56.3 Å². The molecule has 0 aromatic rings. The predicted molar refractivity (Wildman–Crippen MR) is 82.0 cm³/mol. The first-order valence-corrected chi connectivity index (χ1v) is 9.17. The van der Waals surface area contributed by atoms with Crippen molar-refractivity contribution >= 4 is 6.47 Å². The van der Waals surface area contributed by atoms with Gasteiger partial charge in [-0.2, -0.15) is 13.2 Å². The summed E-state index contributed by atoms with van der Waals surface area (Å²) in [5.41, 5.74) is -2.68. The zero-order chi connectivity index (χ0) is 17.5. The first kappa shape index (κ1) is 18.0. The van der Waals surface area contributed by atoms with Crippen molar-refractivity contribution in [3.63, 3.8) is 0 Å². The van der Waals surface area contributed by atoms with E-state index in [0.717, 1.165) is 45.4 Å². The van der Waals surface area contributed by atoms with Gasteiger partial charge >= 0.3 is 6.18 Å². The number of hydrogen-bond acceptors (Lipinski definition) is 3. The van der Waals surface area contributed by atoms with Crippen LogP contribution in [-0.2, 0) is 9.53 Å². The maximum Gasteiger partial charge on any atom is 0.417 e. The van der Waals surface area contributed by atoms with Crippen LogP contribution >= 0.6 is 0 Å². The highest BCUT2D eigenvalue weighted by molar-refractivity contribution is 5.38. The molecule has 1 N–H and O–H groups in total. The summed E-state index contributed by atoms with van der Waals surface area (Å²) < 4.78 is 46.4. The van der Waals surface area contributed by atoms with E-state index in [0.29, 0.717) is 19.3 Å². The lowest BCUT2D eigenvalue weighted by Crippen LogP contribution is -2.62. The average molecular weight is 348 g/mol. The van der Waals surface area contributed by atoms with Crippen LogP contribution in [0.4, 0.5) is 13.2 Å². The highest BCUT2D eigenvalue weighted by atomic mass is 19.4. The molecule has 0 bridgehead atoms. The Bertz CT molecular complexity index is 439. The molecule has 3 saturated carbocycles. The van der Waals surface area contributed by atoms with Gasteiger partial charge in [-0.25, -0.2) is 0 Å². The number of fused-ring (bicyclic) bond motifs is 2. The fourth-order valence-corrected chi connectivity index (χ4v) is 6.01. The Kier molecular flexibility index (Phi) is 4.89. The molecule has 3 rings (SSSR count). The van der Waals surface area contributed by atoms with E-state index in [-0.39, 0.29) is 29.8 Å². The van der Waals surface area contributed by atoms with Crippen LogP contribution in [0, 0.1) is 29.6 Å². The molecule has 3 aliphatic rings. The number of alkyl halides is 3. The number of carbonyl (C=O) groups is 1. The lowest BCUT2D eigenvalue weighted by atomic mass is 9.50. The van der Waals surface area contributed by atoms with Crippen LogP contribution in [0.15, 0.2) is 0 Å². The third-order valence-electron chi connectivity index (χ3n) is 6.95. The van der Waals surface area contributed by atoms with E-state index in [1.54, 1.807) is 0 Å². The summed E-state index contributed by atoms with van der Waals surface area (Å²) in [6.45, 7) is 1.42. The standard InChI is InChI=1S/C18H27F3O3/c1-17(23,18(19,20)21)15-11-6-2-4-8-13(11)16(24-10-22)14-9-5-3-7-12(14)15/h10-16,23H,2-9H2,1H3. The van der Waals surface area contributed by atoms with Crippen molar-refractivity contribution in [2.45, 2.75) is 76.2 Å². The van der Waals surface area contributed by atoms with E-state index in [2.05, 4.69) is 0 Å². The number of hydrogen-bond donors (Lipinski definition) is 1. The zero-order valence-corrected chi connectivity index (χ0v) is 14.1. The minimum Gasteiger partial charge on any atom is -0.464 e. The van der Waals surface area contributed by atoms with Crippen molar-refractivity contribution in [3.8, 4) is 0 Å². The second-order valence-corrected chi connectivity index (χ2v) is 8.09. The largest absolute Gasteiger partial charge is 0.464 e. The monoisotopic (exact) mass is 348 g/mol. The van der Waals surface area contributed by atoms with Gasteiger partial charge in [0.15, 0.2) is 5.60 Å². The Hall–Kier alpha value is -0.780. The van der Waals surface area contributed by atoms with E-state index >= 15 is 0 Å².